The Balaban J connectivity index is 2.22. The summed E-state index contributed by atoms with van der Waals surface area (Å²) in [6.45, 7) is 3.87. The topological polar surface area (TPSA) is 38.1 Å². The van der Waals surface area contributed by atoms with E-state index < -0.39 is 5.41 Å². The second kappa shape index (κ2) is 5.68. The van der Waals surface area contributed by atoms with E-state index in [4.69, 9.17) is 0 Å². The van der Waals surface area contributed by atoms with E-state index in [-0.39, 0.29) is 11.7 Å². The van der Waals surface area contributed by atoms with Crippen molar-refractivity contribution in [2.24, 2.45) is 7.05 Å². The number of nitrogens with zero attached hydrogens (tertiary/aromatic N) is 3. The van der Waals surface area contributed by atoms with Crippen LogP contribution in [0.5, 0.6) is 0 Å². The quantitative estimate of drug-likeness (QED) is 0.867. The second-order valence-corrected chi connectivity index (χ2v) is 5.72. The summed E-state index contributed by atoms with van der Waals surface area (Å²) in [4.78, 5) is 18.5. The van der Waals surface area contributed by atoms with E-state index in [0.717, 1.165) is 5.82 Å². The average molecular weight is 289 g/mol. The molecule has 0 aliphatic rings. The van der Waals surface area contributed by atoms with Crippen LogP contribution in [0.1, 0.15) is 25.2 Å². The molecule has 5 heteroatoms. The minimum Gasteiger partial charge on any atom is -0.338 e. The van der Waals surface area contributed by atoms with Crippen LogP contribution in [-0.2, 0) is 23.8 Å². The molecule has 0 aliphatic heterocycles. The second-order valence-electron chi connectivity index (χ2n) is 5.72. The van der Waals surface area contributed by atoms with Crippen molar-refractivity contribution in [2.45, 2.75) is 25.8 Å². The van der Waals surface area contributed by atoms with E-state index in [1.807, 2.05) is 17.8 Å². The highest BCUT2D eigenvalue weighted by molar-refractivity contribution is 5.87. The van der Waals surface area contributed by atoms with Crippen LogP contribution in [0.3, 0.4) is 0 Å². The van der Waals surface area contributed by atoms with Crippen LogP contribution in [0.2, 0.25) is 0 Å². The van der Waals surface area contributed by atoms with Gasteiger partial charge in [0.25, 0.3) is 0 Å². The van der Waals surface area contributed by atoms with Gasteiger partial charge in [-0.25, -0.2) is 9.37 Å². The fraction of sp³-hybridized carbons (Fsp3) is 0.375. The van der Waals surface area contributed by atoms with Crippen LogP contribution in [-0.4, -0.2) is 27.4 Å². The van der Waals surface area contributed by atoms with Gasteiger partial charge in [-0.3, -0.25) is 4.79 Å². The molecule has 0 radical (unpaired) electrons. The van der Waals surface area contributed by atoms with E-state index >= 15 is 0 Å². The number of likely N-dealkylation sites (N-methyl/N-ethyl adjacent to an activating group) is 1. The monoisotopic (exact) mass is 289 g/mol. The van der Waals surface area contributed by atoms with Gasteiger partial charge in [-0.2, -0.15) is 0 Å². The molecule has 1 heterocycles. The van der Waals surface area contributed by atoms with Crippen molar-refractivity contribution in [3.63, 3.8) is 0 Å². The maximum atomic E-state index is 14.0. The molecule has 4 nitrogen and oxygen atoms in total. The number of imidazole rings is 1. The van der Waals surface area contributed by atoms with Gasteiger partial charge in [-0.1, -0.05) is 18.2 Å². The Bertz CT molecular complexity index is 648. The molecular weight excluding hydrogens is 269 g/mol. The molecule has 0 unspecified atom stereocenters. The maximum absolute atomic E-state index is 14.0. The lowest BCUT2D eigenvalue weighted by Gasteiger charge is -2.30. The highest BCUT2D eigenvalue weighted by Gasteiger charge is 2.34. The van der Waals surface area contributed by atoms with Gasteiger partial charge in [-0.15, -0.1) is 0 Å². The molecule has 0 spiro atoms. The van der Waals surface area contributed by atoms with Gasteiger partial charge in [0.1, 0.15) is 11.6 Å². The fourth-order valence-electron chi connectivity index (χ4n) is 2.39. The molecular formula is C16H20FN3O. The van der Waals surface area contributed by atoms with E-state index in [0.29, 0.717) is 12.1 Å². The Labute approximate surface area is 124 Å². The summed E-state index contributed by atoms with van der Waals surface area (Å²) in [6.07, 6.45) is 3.52. The van der Waals surface area contributed by atoms with E-state index in [1.54, 1.807) is 50.2 Å². The molecule has 2 aromatic rings. The summed E-state index contributed by atoms with van der Waals surface area (Å²) in [6, 6.07) is 6.40. The summed E-state index contributed by atoms with van der Waals surface area (Å²) in [5.74, 6) is 0.284. The lowest BCUT2D eigenvalue weighted by molar-refractivity contribution is -0.135. The van der Waals surface area contributed by atoms with Gasteiger partial charge in [0.2, 0.25) is 5.91 Å². The molecule has 112 valence electrons. The lowest BCUT2D eigenvalue weighted by atomic mass is 9.83. The predicted octanol–water partition coefficient (Wildman–Crippen LogP) is 2.50. The number of hydrogen-bond acceptors (Lipinski definition) is 2. The number of benzene rings is 1. The van der Waals surface area contributed by atoms with Crippen molar-refractivity contribution in [3.05, 3.63) is 53.9 Å². The van der Waals surface area contributed by atoms with Gasteiger partial charge >= 0.3 is 0 Å². The van der Waals surface area contributed by atoms with Gasteiger partial charge in [0.15, 0.2) is 0 Å². The van der Waals surface area contributed by atoms with E-state index in [9.17, 15) is 9.18 Å². The molecule has 1 aromatic carbocycles. The van der Waals surface area contributed by atoms with Crippen LogP contribution in [0.4, 0.5) is 4.39 Å². The Hall–Kier alpha value is -2.17. The van der Waals surface area contributed by atoms with Crippen LogP contribution in [0.15, 0.2) is 36.7 Å². The molecule has 21 heavy (non-hydrogen) atoms. The Kier molecular flexibility index (Phi) is 4.11. The average Bonchev–Trinajstić information content (AvgIpc) is 2.83. The number of amides is 1. The minimum absolute atomic E-state index is 0.143. The first-order chi connectivity index (χ1) is 9.84. The number of aromatic nitrogens is 2. The summed E-state index contributed by atoms with van der Waals surface area (Å²) in [7, 11) is 3.59. The van der Waals surface area contributed by atoms with Gasteiger partial charge in [-0.05, 0) is 19.9 Å². The molecule has 1 amide bonds. The van der Waals surface area contributed by atoms with Crippen LogP contribution in [0.25, 0.3) is 0 Å². The van der Waals surface area contributed by atoms with Gasteiger partial charge in [0, 0.05) is 32.1 Å². The maximum Gasteiger partial charge on any atom is 0.232 e. The van der Waals surface area contributed by atoms with Crippen molar-refractivity contribution in [3.8, 4) is 0 Å². The van der Waals surface area contributed by atoms with Crippen LogP contribution >= 0.6 is 0 Å². The predicted molar refractivity (Wildman–Crippen MR) is 79.1 cm³/mol. The number of hydrogen-bond donors (Lipinski definition) is 0. The van der Waals surface area contributed by atoms with Crippen molar-refractivity contribution >= 4 is 5.91 Å². The Morgan fingerprint density at radius 1 is 1.38 bits per heavy atom. The van der Waals surface area contributed by atoms with Crippen molar-refractivity contribution < 1.29 is 9.18 Å². The Morgan fingerprint density at radius 3 is 2.62 bits per heavy atom. The summed E-state index contributed by atoms with van der Waals surface area (Å²) in [5.41, 5.74) is -0.521. The van der Waals surface area contributed by atoms with Gasteiger partial charge in [0.05, 0.1) is 12.0 Å². The molecule has 1 aromatic heterocycles. The molecule has 0 saturated heterocycles. The number of rotatable bonds is 4. The molecule has 0 N–H and O–H groups in total. The first kappa shape index (κ1) is 15.2. The normalized spacial score (nSPS) is 11.5. The molecule has 0 bridgehead atoms. The summed E-state index contributed by atoms with van der Waals surface area (Å²) < 4.78 is 15.8. The van der Waals surface area contributed by atoms with Crippen LogP contribution in [0, 0.1) is 5.82 Å². The third-order valence-corrected chi connectivity index (χ3v) is 3.73. The highest BCUT2D eigenvalue weighted by atomic mass is 19.1. The highest BCUT2D eigenvalue weighted by Crippen LogP contribution is 2.28. The third kappa shape index (κ3) is 2.96. The molecule has 0 saturated carbocycles. The third-order valence-electron chi connectivity index (χ3n) is 3.73. The fourth-order valence-corrected chi connectivity index (χ4v) is 2.39. The molecule has 0 aliphatic carbocycles. The summed E-state index contributed by atoms with van der Waals surface area (Å²) >= 11 is 0. The standard InChI is InChI=1S/C16H20FN3O/c1-16(2,12-7-5-6-8-13(12)17)15(21)20(4)11-14-18-9-10-19(14)3/h5-10H,11H2,1-4H3. The minimum atomic E-state index is -0.925. The number of aryl methyl sites for hydroxylation is 1. The zero-order chi connectivity index (χ0) is 15.6. The Morgan fingerprint density at radius 2 is 2.05 bits per heavy atom. The van der Waals surface area contributed by atoms with Crippen molar-refractivity contribution in [1.82, 2.24) is 14.5 Å². The van der Waals surface area contributed by atoms with Gasteiger partial charge < -0.3 is 9.47 Å². The largest absolute Gasteiger partial charge is 0.338 e. The van der Waals surface area contributed by atoms with Crippen molar-refractivity contribution in [2.75, 3.05) is 7.05 Å². The van der Waals surface area contributed by atoms with E-state index in [1.165, 1.54) is 6.07 Å². The lowest BCUT2D eigenvalue weighted by Crippen LogP contribution is -2.41. The van der Waals surface area contributed by atoms with E-state index in [2.05, 4.69) is 4.98 Å². The first-order valence-electron chi connectivity index (χ1n) is 6.81. The molecule has 2 rings (SSSR count). The zero-order valence-corrected chi connectivity index (χ0v) is 12.8. The number of carbonyl (C=O) groups excluding carboxylic acids is 1. The van der Waals surface area contributed by atoms with Crippen molar-refractivity contribution in [1.29, 1.82) is 0 Å². The zero-order valence-electron chi connectivity index (χ0n) is 12.8. The molecule has 0 fully saturated rings. The van der Waals surface area contributed by atoms with Crippen LogP contribution < -0.4 is 0 Å². The summed E-state index contributed by atoms with van der Waals surface area (Å²) in [5, 5.41) is 0. The first-order valence-corrected chi connectivity index (χ1v) is 6.81. The number of carbonyl (C=O) groups is 1. The smallest absolute Gasteiger partial charge is 0.232 e. The number of halogens is 1. The SMILES string of the molecule is CN(Cc1nccn1C)C(=O)C(C)(C)c1ccccc1F. The molecule has 0 atom stereocenters.